The Morgan fingerprint density at radius 3 is 2.71 bits per heavy atom. The van der Waals surface area contributed by atoms with Gasteiger partial charge in [-0.2, -0.15) is 0 Å². The number of aromatic nitrogens is 1. The highest BCUT2D eigenvalue weighted by atomic mass is 35.5. The fourth-order valence-electron chi connectivity index (χ4n) is 2.35. The zero-order chi connectivity index (χ0) is 15.2. The molecule has 0 amide bonds. The van der Waals surface area contributed by atoms with Gasteiger partial charge in [0.15, 0.2) is 0 Å². The third-order valence-electron chi connectivity index (χ3n) is 3.49. The van der Waals surface area contributed by atoms with Gasteiger partial charge >= 0.3 is 0 Å². The first kappa shape index (κ1) is 16.0. The van der Waals surface area contributed by atoms with Gasteiger partial charge in [0.05, 0.1) is 5.69 Å². The first-order valence-electron chi connectivity index (χ1n) is 7.09. The van der Waals surface area contributed by atoms with Crippen molar-refractivity contribution in [3.05, 3.63) is 51.9 Å². The van der Waals surface area contributed by atoms with Crippen molar-refractivity contribution in [1.82, 2.24) is 10.1 Å². The van der Waals surface area contributed by atoms with Gasteiger partial charge in [0.2, 0.25) is 0 Å². The molecular formula is C16H21ClN2O2. The molecule has 2 rings (SSSR count). The van der Waals surface area contributed by atoms with Crippen LogP contribution in [0, 0.1) is 13.8 Å². The first-order valence-corrected chi connectivity index (χ1v) is 7.47. The lowest BCUT2D eigenvalue weighted by molar-refractivity contribution is 0.211. The highest BCUT2D eigenvalue weighted by Crippen LogP contribution is 2.18. The van der Waals surface area contributed by atoms with Crippen molar-refractivity contribution >= 4 is 11.6 Å². The molecule has 0 aliphatic rings. The minimum absolute atomic E-state index is 0.188. The van der Waals surface area contributed by atoms with E-state index in [0.717, 1.165) is 53.7 Å². The molecule has 0 atom stereocenters. The van der Waals surface area contributed by atoms with Crippen LogP contribution in [0.1, 0.15) is 29.0 Å². The van der Waals surface area contributed by atoms with Gasteiger partial charge in [-0.15, -0.1) is 0 Å². The molecule has 114 valence electrons. The van der Waals surface area contributed by atoms with Crippen LogP contribution in [0.3, 0.4) is 0 Å². The summed E-state index contributed by atoms with van der Waals surface area (Å²) in [6.07, 6.45) is 0.740. The molecule has 2 aromatic rings. The number of halogens is 1. The van der Waals surface area contributed by atoms with Gasteiger partial charge in [0.1, 0.15) is 5.76 Å². The number of aliphatic hydroxyl groups is 1. The highest BCUT2D eigenvalue weighted by molar-refractivity contribution is 6.30. The van der Waals surface area contributed by atoms with E-state index in [1.165, 1.54) is 0 Å². The third-order valence-corrected chi connectivity index (χ3v) is 3.73. The summed E-state index contributed by atoms with van der Waals surface area (Å²) in [4.78, 5) is 2.27. The van der Waals surface area contributed by atoms with Crippen molar-refractivity contribution in [1.29, 1.82) is 0 Å². The van der Waals surface area contributed by atoms with Crippen molar-refractivity contribution < 1.29 is 9.63 Å². The minimum atomic E-state index is 0.188. The predicted molar refractivity (Wildman–Crippen MR) is 83.2 cm³/mol. The molecular weight excluding hydrogens is 288 g/mol. The summed E-state index contributed by atoms with van der Waals surface area (Å²) in [5.74, 6) is 0.854. The molecule has 1 aromatic carbocycles. The van der Waals surface area contributed by atoms with Crippen LogP contribution >= 0.6 is 11.6 Å². The predicted octanol–water partition coefficient (Wildman–Crippen LogP) is 3.33. The van der Waals surface area contributed by atoms with E-state index in [2.05, 4.69) is 16.1 Å². The van der Waals surface area contributed by atoms with Crippen molar-refractivity contribution in [3.8, 4) is 0 Å². The second-order valence-corrected chi connectivity index (χ2v) is 5.66. The summed E-state index contributed by atoms with van der Waals surface area (Å²) < 4.78 is 5.22. The third kappa shape index (κ3) is 4.56. The van der Waals surface area contributed by atoms with E-state index < -0.39 is 0 Å². The Labute approximate surface area is 130 Å². The van der Waals surface area contributed by atoms with Gasteiger partial charge in [-0.25, -0.2) is 0 Å². The normalized spacial score (nSPS) is 11.3. The Morgan fingerprint density at radius 1 is 1.29 bits per heavy atom. The standard InChI is InChI=1S/C16H21ClN2O2/c1-12-16(13(2)21-18-12)11-19(7-4-8-20)10-14-5-3-6-15(17)9-14/h3,5-6,9,20H,4,7-8,10-11H2,1-2H3. The van der Waals surface area contributed by atoms with Gasteiger partial charge in [-0.05, 0) is 38.0 Å². The van der Waals surface area contributed by atoms with Gasteiger partial charge < -0.3 is 9.63 Å². The first-order chi connectivity index (χ1) is 10.1. The Kier molecular flexibility index (Phi) is 5.79. The quantitative estimate of drug-likeness (QED) is 0.852. The van der Waals surface area contributed by atoms with E-state index in [9.17, 15) is 0 Å². The number of rotatable bonds is 7. The molecule has 0 unspecified atom stereocenters. The maximum absolute atomic E-state index is 9.08. The summed E-state index contributed by atoms with van der Waals surface area (Å²) in [6.45, 7) is 6.42. The zero-order valence-corrected chi connectivity index (χ0v) is 13.2. The molecule has 0 spiro atoms. The van der Waals surface area contributed by atoms with Crippen LogP contribution in [0.5, 0.6) is 0 Å². The Morgan fingerprint density at radius 2 is 2.10 bits per heavy atom. The molecule has 4 nitrogen and oxygen atoms in total. The molecule has 0 bridgehead atoms. The van der Waals surface area contributed by atoms with Crippen LogP contribution in [-0.2, 0) is 13.1 Å². The van der Waals surface area contributed by atoms with Crippen LogP contribution in [0.4, 0.5) is 0 Å². The largest absolute Gasteiger partial charge is 0.396 e. The summed E-state index contributed by atoms with van der Waals surface area (Å²) in [6, 6.07) is 7.86. The van der Waals surface area contributed by atoms with E-state index in [4.69, 9.17) is 21.2 Å². The lowest BCUT2D eigenvalue weighted by Crippen LogP contribution is -2.25. The number of hydrogen-bond donors (Lipinski definition) is 1. The molecule has 0 saturated heterocycles. The summed E-state index contributed by atoms with van der Waals surface area (Å²) in [5.41, 5.74) is 3.20. The molecule has 0 fully saturated rings. The average Bonchev–Trinajstić information content (AvgIpc) is 2.76. The van der Waals surface area contributed by atoms with Crippen LogP contribution in [-0.4, -0.2) is 28.3 Å². The van der Waals surface area contributed by atoms with E-state index in [-0.39, 0.29) is 6.61 Å². The van der Waals surface area contributed by atoms with Gasteiger partial charge in [-0.3, -0.25) is 4.90 Å². The van der Waals surface area contributed by atoms with Crippen LogP contribution in [0.2, 0.25) is 5.02 Å². The summed E-state index contributed by atoms with van der Waals surface area (Å²) in [5, 5.41) is 13.8. The SMILES string of the molecule is Cc1noc(C)c1CN(CCCO)Cc1cccc(Cl)c1. The minimum Gasteiger partial charge on any atom is -0.396 e. The molecule has 1 N–H and O–H groups in total. The highest BCUT2D eigenvalue weighted by Gasteiger charge is 2.14. The second kappa shape index (κ2) is 7.59. The van der Waals surface area contributed by atoms with Crippen molar-refractivity contribution in [2.75, 3.05) is 13.2 Å². The zero-order valence-electron chi connectivity index (χ0n) is 12.5. The van der Waals surface area contributed by atoms with Crippen molar-refractivity contribution in [3.63, 3.8) is 0 Å². The molecule has 1 heterocycles. The average molecular weight is 309 g/mol. The number of aryl methyl sites for hydroxylation is 2. The van der Waals surface area contributed by atoms with E-state index >= 15 is 0 Å². The molecule has 1 aromatic heterocycles. The number of nitrogens with zero attached hydrogens (tertiary/aromatic N) is 2. The van der Waals surface area contributed by atoms with Crippen LogP contribution < -0.4 is 0 Å². The molecule has 5 heteroatoms. The molecule has 0 aliphatic carbocycles. The van der Waals surface area contributed by atoms with Crippen molar-refractivity contribution in [2.24, 2.45) is 0 Å². The monoisotopic (exact) mass is 308 g/mol. The maximum Gasteiger partial charge on any atom is 0.138 e. The molecule has 0 radical (unpaired) electrons. The Balaban J connectivity index is 2.11. The molecule has 0 saturated carbocycles. The van der Waals surface area contributed by atoms with E-state index in [1.54, 1.807) is 0 Å². The number of benzene rings is 1. The molecule has 21 heavy (non-hydrogen) atoms. The van der Waals surface area contributed by atoms with Crippen LogP contribution in [0.15, 0.2) is 28.8 Å². The van der Waals surface area contributed by atoms with Crippen molar-refractivity contribution in [2.45, 2.75) is 33.4 Å². The Bertz CT molecular complexity index is 564. The summed E-state index contributed by atoms with van der Waals surface area (Å²) in [7, 11) is 0. The summed E-state index contributed by atoms with van der Waals surface area (Å²) >= 11 is 6.04. The molecule has 0 aliphatic heterocycles. The lowest BCUT2D eigenvalue weighted by atomic mass is 10.1. The number of hydrogen-bond acceptors (Lipinski definition) is 4. The van der Waals surface area contributed by atoms with Gasteiger partial charge in [-0.1, -0.05) is 28.9 Å². The van der Waals surface area contributed by atoms with Crippen LogP contribution in [0.25, 0.3) is 0 Å². The smallest absolute Gasteiger partial charge is 0.138 e. The Hall–Kier alpha value is -1.36. The maximum atomic E-state index is 9.08. The topological polar surface area (TPSA) is 49.5 Å². The van der Waals surface area contributed by atoms with E-state index in [0.29, 0.717) is 0 Å². The number of aliphatic hydroxyl groups excluding tert-OH is 1. The fraction of sp³-hybridized carbons (Fsp3) is 0.438. The lowest BCUT2D eigenvalue weighted by Gasteiger charge is -2.22. The van der Waals surface area contributed by atoms with E-state index in [1.807, 2.05) is 32.0 Å². The van der Waals surface area contributed by atoms with Gasteiger partial charge in [0.25, 0.3) is 0 Å². The fourth-order valence-corrected chi connectivity index (χ4v) is 2.57. The second-order valence-electron chi connectivity index (χ2n) is 5.22. The van der Waals surface area contributed by atoms with Gasteiger partial charge in [0, 0.05) is 36.8 Å².